The molecule has 39 heavy (non-hydrogen) atoms. The van der Waals surface area contributed by atoms with E-state index < -0.39 is 41.8 Å². The van der Waals surface area contributed by atoms with Crippen LogP contribution < -0.4 is 19.7 Å². The molecule has 3 heterocycles. The number of amides is 1. The number of carboxylic acid groups (broad SMARTS) is 1. The molecule has 3 aliphatic heterocycles. The van der Waals surface area contributed by atoms with Crippen molar-refractivity contribution in [3.8, 4) is 17.2 Å². The minimum atomic E-state index is -3.88. The Morgan fingerprint density at radius 2 is 1.67 bits per heavy atom. The van der Waals surface area contributed by atoms with Gasteiger partial charge in [0.1, 0.15) is 5.75 Å². The van der Waals surface area contributed by atoms with Crippen LogP contribution in [-0.2, 0) is 21.3 Å². The molecular formula is C27H31BClF2NO7. The van der Waals surface area contributed by atoms with E-state index in [0.29, 0.717) is 21.8 Å². The summed E-state index contributed by atoms with van der Waals surface area (Å²) in [6, 6.07) is 7.80. The highest BCUT2D eigenvalue weighted by molar-refractivity contribution is 6.66. The summed E-state index contributed by atoms with van der Waals surface area (Å²) in [7, 11) is -0.833. The fourth-order valence-electron chi connectivity index (χ4n) is 5.14. The standard InChI is InChI=1S/C27H31BClF2NO7/c1-23(2,3)32(22(33)34)14-26(16-9-8-10-19-21(16)37-27(30,31)36-19)13-15-18(35-26)12-11-17(29)20(15)28-38-24(4,5)25(6,7)39-28/h8-12H,13-14H2,1-7H3,(H,33,34). The molecule has 1 fully saturated rings. The molecule has 1 amide bonds. The summed E-state index contributed by atoms with van der Waals surface area (Å²) in [6.07, 6.45) is -4.99. The van der Waals surface area contributed by atoms with Crippen molar-refractivity contribution in [1.29, 1.82) is 0 Å². The third-order valence-electron chi connectivity index (χ3n) is 7.89. The average Bonchev–Trinajstić information content (AvgIpc) is 3.37. The largest absolute Gasteiger partial charge is 0.586 e. The van der Waals surface area contributed by atoms with E-state index in [0.717, 1.165) is 0 Å². The molecule has 1 saturated heterocycles. The van der Waals surface area contributed by atoms with E-state index in [4.69, 9.17) is 35.1 Å². The van der Waals surface area contributed by atoms with Gasteiger partial charge in [-0.15, -0.1) is 8.78 Å². The van der Waals surface area contributed by atoms with Gasteiger partial charge in [-0.25, -0.2) is 4.79 Å². The fraction of sp³-hybridized carbons (Fsp3) is 0.519. The molecule has 0 bridgehead atoms. The number of fused-ring (bicyclic) bond motifs is 2. The van der Waals surface area contributed by atoms with Crippen LogP contribution in [0.25, 0.3) is 0 Å². The van der Waals surface area contributed by atoms with E-state index >= 15 is 0 Å². The second-order valence-electron chi connectivity index (χ2n) is 12.1. The first-order valence-corrected chi connectivity index (χ1v) is 13.0. The minimum Gasteiger partial charge on any atom is -0.480 e. The lowest BCUT2D eigenvalue weighted by Gasteiger charge is -2.40. The van der Waals surface area contributed by atoms with Crippen molar-refractivity contribution in [2.75, 3.05) is 6.54 Å². The van der Waals surface area contributed by atoms with Crippen LogP contribution in [0.15, 0.2) is 30.3 Å². The molecule has 8 nitrogen and oxygen atoms in total. The van der Waals surface area contributed by atoms with Gasteiger partial charge in [0.15, 0.2) is 17.1 Å². The summed E-state index contributed by atoms with van der Waals surface area (Å²) in [5, 5.41) is 10.5. The maximum atomic E-state index is 14.2. The molecule has 2 aromatic rings. The second-order valence-corrected chi connectivity index (χ2v) is 12.5. The normalized spacial score (nSPS) is 23.9. The predicted molar refractivity (Wildman–Crippen MR) is 140 cm³/mol. The zero-order valence-electron chi connectivity index (χ0n) is 22.9. The maximum absolute atomic E-state index is 14.2. The highest BCUT2D eigenvalue weighted by Gasteiger charge is 2.56. The summed E-state index contributed by atoms with van der Waals surface area (Å²) >= 11 is 6.71. The Kier molecular flexibility index (Phi) is 6.14. The maximum Gasteiger partial charge on any atom is 0.586 e. The summed E-state index contributed by atoms with van der Waals surface area (Å²) in [6.45, 7) is 12.7. The molecule has 2 aromatic carbocycles. The molecular weight excluding hydrogens is 535 g/mol. The average molecular weight is 566 g/mol. The predicted octanol–water partition coefficient (Wildman–Crippen LogP) is 5.57. The van der Waals surface area contributed by atoms with Crippen LogP contribution >= 0.6 is 11.6 Å². The van der Waals surface area contributed by atoms with E-state index in [1.165, 1.54) is 17.0 Å². The van der Waals surface area contributed by atoms with Crippen LogP contribution in [0.2, 0.25) is 5.02 Å². The number of rotatable bonds is 4. The van der Waals surface area contributed by atoms with Gasteiger partial charge >= 0.3 is 19.5 Å². The summed E-state index contributed by atoms with van der Waals surface area (Å²) in [4.78, 5) is 13.6. The van der Waals surface area contributed by atoms with Crippen molar-refractivity contribution in [2.45, 2.75) is 83.5 Å². The Labute approximate surface area is 231 Å². The monoisotopic (exact) mass is 565 g/mol. The number of hydrogen-bond donors (Lipinski definition) is 1. The Hall–Kier alpha value is -2.76. The summed E-state index contributed by atoms with van der Waals surface area (Å²) in [5.74, 6) is 0.0303. The molecule has 5 rings (SSSR count). The Morgan fingerprint density at radius 3 is 2.26 bits per heavy atom. The van der Waals surface area contributed by atoms with Crippen molar-refractivity contribution in [2.24, 2.45) is 0 Å². The Balaban J connectivity index is 1.66. The molecule has 1 unspecified atom stereocenters. The van der Waals surface area contributed by atoms with Gasteiger partial charge in [0.2, 0.25) is 0 Å². The summed E-state index contributed by atoms with van der Waals surface area (Å²) < 4.78 is 57.2. The number of ether oxygens (including phenoxy) is 3. The molecule has 12 heteroatoms. The molecule has 1 atom stereocenters. The number of benzene rings is 2. The van der Waals surface area contributed by atoms with Crippen LogP contribution in [0.5, 0.6) is 17.2 Å². The summed E-state index contributed by atoms with van der Waals surface area (Å²) in [5.41, 5.74) is -2.22. The SMILES string of the molecule is CC(C)(C)N(CC1(c2cccc3c2OC(F)(F)O3)Cc2c(ccc(Cl)c2B2OC(C)(C)C(C)(C)O2)O1)C(=O)O. The van der Waals surface area contributed by atoms with Crippen molar-refractivity contribution in [1.82, 2.24) is 4.90 Å². The van der Waals surface area contributed by atoms with E-state index in [2.05, 4.69) is 0 Å². The second kappa shape index (κ2) is 8.62. The first kappa shape index (κ1) is 27.8. The smallest absolute Gasteiger partial charge is 0.480 e. The number of hydrogen-bond acceptors (Lipinski definition) is 6. The third kappa shape index (κ3) is 4.58. The van der Waals surface area contributed by atoms with Crippen molar-refractivity contribution in [3.05, 3.63) is 46.5 Å². The number of nitrogens with zero attached hydrogens (tertiary/aromatic N) is 1. The van der Waals surface area contributed by atoms with Gasteiger partial charge in [-0.3, -0.25) is 4.90 Å². The van der Waals surface area contributed by atoms with Gasteiger partial charge in [-0.2, -0.15) is 0 Å². The van der Waals surface area contributed by atoms with Crippen LogP contribution in [0.1, 0.15) is 59.6 Å². The van der Waals surface area contributed by atoms with Gasteiger partial charge in [-0.05, 0) is 72.2 Å². The van der Waals surface area contributed by atoms with Crippen LogP contribution in [-0.4, -0.2) is 52.8 Å². The van der Waals surface area contributed by atoms with Gasteiger partial charge in [0, 0.05) is 28.0 Å². The van der Waals surface area contributed by atoms with Crippen LogP contribution in [0.3, 0.4) is 0 Å². The van der Waals surface area contributed by atoms with Gasteiger partial charge in [-0.1, -0.05) is 23.7 Å². The van der Waals surface area contributed by atoms with Crippen molar-refractivity contribution in [3.63, 3.8) is 0 Å². The lowest BCUT2D eigenvalue weighted by Crippen LogP contribution is -2.53. The number of para-hydroxylation sites is 1. The number of carbonyl (C=O) groups is 1. The molecule has 0 saturated carbocycles. The zero-order valence-corrected chi connectivity index (χ0v) is 23.6. The zero-order chi connectivity index (χ0) is 28.8. The van der Waals surface area contributed by atoms with Crippen LogP contribution in [0.4, 0.5) is 13.6 Å². The number of alkyl halides is 2. The van der Waals surface area contributed by atoms with Crippen molar-refractivity contribution < 1.29 is 42.2 Å². The quantitative estimate of drug-likeness (QED) is 0.485. The number of halogens is 3. The molecule has 0 spiro atoms. The Morgan fingerprint density at radius 1 is 1.03 bits per heavy atom. The Bertz CT molecular complexity index is 1330. The highest BCUT2D eigenvalue weighted by Crippen LogP contribution is 2.52. The van der Waals surface area contributed by atoms with E-state index in [1.54, 1.807) is 39.0 Å². The minimum absolute atomic E-state index is 0.0769. The lowest BCUT2D eigenvalue weighted by atomic mass is 9.73. The van der Waals surface area contributed by atoms with Gasteiger partial charge < -0.3 is 28.6 Å². The molecule has 0 radical (unpaired) electrons. The van der Waals surface area contributed by atoms with E-state index in [-0.39, 0.29) is 30.0 Å². The third-order valence-corrected chi connectivity index (χ3v) is 8.22. The first-order chi connectivity index (χ1) is 17.9. The van der Waals surface area contributed by atoms with Gasteiger partial charge in [0.25, 0.3) is 0 Å². The van der Waals surface area contributed by atoms with Gasteiger partial charge in [0.05, 0.1) is 17.7 Å². The molecule has 0 aromatic heterocycles. The lowest BCUT2D eigenvalue weighted by molar-refractivity contribution is -0.287. The topological polar surface area (TPSA) is 86.7 Å². The highest BCUT2D eigenvalue weighted by atomic mass is 35.5. The fourth-order valence-corrected chi connectivity index (χ4v) is 5.41. The van der Waals surface area contributed by atoms with E-state index in [9.17, 15) is 18.7 Å². The van der Waals surface area contributed by atoms with Crippen molar-refractivity contribution >= 4 is 30.3 Å². The van der Waals surface area contributed by atoms with E-state index in [1.807, 2.05) is 27.7 Å². The molecule has 210 valence electrons. The first-order valence-electron chi connectivity index (χ1n) is 12.6. The van der Waals surface area contributed by atoms with Crippen LogP contribution in [0, 0.1) is 0 Å². The molecule has 3 aliphatic rings. The molecule has 1 N–H and O–H groups in total. The molecule has 0 aliphatic carbocycles.